The van der Waals surface area contributed by atoms with E-state index in [9.17, 15) is 0 Å². The smallest absolute Gasteiger partial charge is 0.122 e. The number of rotatable bonds is 3. The van der Waals surface area contributed by atoms with Gasteiger partial charge in [0, 0.05) is 12.0 Å². The molecule has 0 aromatic heterocycles. The van der Waals surface area contributed by atoms with Crippen molar-refractivity contribution < 1.29 is 4.74 Å². The number of hydrogen-bond acceptors (Lipinski definition) is 2. The molecule has 0 amide bonds. The van der Waals surface area contributed by atoms with Crippen LogP contribution in [0.15, 0.2) is 12.1 Å². The van der Waals surface area contributed by atoms with E-state index in [2.05, 4.69) is 0 Å². The normalized spacial score (nSPS) is 9.93. The number of aryl methyl sites for hydroxylation is 2. The molecule has 3 nitrogen and oxygen atoms in total. The highest BCUT2D eigenvalue weighted by atomic mass is 16.5. The summed E-state index contributed by atoms with van der Waals surface area (Å²) in [7, 11) is 1.63. The molecule has 0 saturated carbocycles. The van der Waals surface area contributed by atoms with Gasteiger partial charge in [0.1, 0.15) is 5.75 Å². The maximum atomic E-state index is 7.25. The van der Waals surface area contributed by atoms with Gasteiger partial charge in [-0.3, -0.25) is 5.41 Å². The fraction of sp³-hybridized carbons (Fsp3) is 0.364. The SMILES string of the molecule is COc1cc(C)c(C)cc1CC(=N)N. The Morgan fingerprint density at radius 1 is 1.36 bits per heavy atom. The van der Waals surface area contributed by atoms with Gasteiger partial charge in [-0.15, -0.1) is 0 Å². The van der Waals surface area contributed by atoms with Crippen LogP contribution in [0, 0.1) is 19.3 Å². The van der Waals surface area contributed by atoms with Gasteiger partial charge in [0.25, 0.3) is 0 Å². The van der Waals surface area contributed by atoms with E-state index in [1.165, 1.54) is 11.1 Å². The van der Waals surface area contributed by atoms with Gasteiger partial charge < -0.3 is 10.5 Å². The summed E-state index contributed by atoms with van der Waals surface area (Å²) in [5.74, 6) is 0.967. The highest BCUT2D eigenvalue weighted by Gasteiger charge is 2.06. The molecule has 1 aromatic rings. The number of methoxy groups -OCH3 is 1. The summed E-state index contributed by atoms with van der Waals surface area (Å²) in [6, 6.07) is 4.00. The first-order chi connectivity index (χ1) is 6.54. The molecule has 0 unspecified atom stereocenters. The monoisotopic (exact) mass is 192 g/mol. The van der Waals surface area contributed by atoms with Gasteiger partial charge in [-0.25, -0.2) is 0 Å². The van der Waals surface area contributed by atoms with Crippen molar-refractivity contribution >= 4 is 5.84 Å². The number of nitrogens with one attached hydrogen (secondary N) is 1. The molecule has 3 N–H and O–H groups in total. The average molecular weight is 192 g/mol. The van der Waals surface area contributed by atoms with Gasteiger partial charge in [0.05, 0.1) is 12.9 Å². The standard InChI is InChI=1S/C11H16N2O/c1-7-4-9(6-11(12)13)10(14-3)5-8(7)2/h4-5H,6H2,1-3H3,(H3,12,13). The summed E-state index contributed by atoms with van der Waals surface area (Å²) >= 11 is 0. The molecular weight excluding hydrogens is 176 g/mol. The van der Waals surface area contributed by atoms with Crippen LogP contribution >= 0.6 is 0 Å². The number of hydrogen-bond donors (Lipinski definition) is 2. The Morgan fingerprint density at radius 2 is 1.93 bits per heavy atom. The van der Waals surface area contributed by atoms with E-state index in [1.54, 1.807) is 7.11 Å². The van der Waals surface area contributed by atoms with Crippen molar-refractivity contribution in [2.75, 3.05) is 7.11 Å². The minimum Gasteiger partial charge on any atom is -0.496 e. The van der Waals surface area contributed by atoms with Crippen molar-refractivity contribution in [3.05, 3.63) is 28.8 Å². The second-order valence-electron chi connectivity index (χ2n) is 3.45. The lowest BCUT2D eigenvalue weighted by atomic mass is 10.0. The molecule has 0 spiro atoms. The average Bonchev–Trinajstić information content (AvgIpc) is 2.10. The van der Waals surface area contributed by atoms with Crippen LogP contribution in [-0.4, -0.2) is 12.9 Å². The summed E-state index contributed by atoms with van der Waals surface area (Å²) < 4.78 is 5.23. The number of ether oxygens (including phenoxy) is 1. The zero-order valence-electron chi connectivity index (χ0n) is 8.85. The van der Waals surface area contributed by atoms with Crippen molar-refractivity contribution in [3.8, 4) is 5.75 Å². The predicted octanol–water partition coefficient (Wildman–Crippen LogP) is 1.79. The molecule has 0 heterocycles. The molecule has 0 aliphatic carbocycles. The summed E-state index contributed by atoms with van der Waals surface area (Å²) in [6.45, 7) is 4.08. The Hall–Kier alpha value is -1.51. The second kappa shape index (κ2) is 4.13. The lowest BCUT2D eigenvalue weighted by Gasteiger charge is -2.10. The zero-order chi connectivity index (χ0) is 10.7. The molecule has 3 heteroatoms. The molecular formula is C11H16N2O. The molecule has 76 valence electrons. The molecule has 0 aliphatic heterocycles. The van der Waals surface area contributed by atoms with E-state index in [4.69, 9.17) is 15.9 Å². The molecule has 0 fully saturated rings. The number of amidine groups is 1. The molecule has 1 aromatic carbocycles. The first-order valence-electron chi connectivity index (χ1n) is 4.51. The molecule has 0 radical (unpaired) electrons. The van der Waals surface area contributed by atoms with Gasteiger partial charge >= 0.3 is 0 Å². The lowest BCUT2D eigenvalue weighted by molar-refractivity contribution is 0.410. The number of benzene rings is 1. The quantitative estimate of drug-likeness (QED) is 0.566. The Bertz CT molecular complexity index is 359. The Morgan fingerprint density at radius 3 is 2.43 bits per heavy atom. The molecule has 1 rings (SSSR count). The van der Waals surface area contributed by atoms with Crippen LogP contribution in [0.25, 0.3) is 0 Å². The van der Waals surface area contributed by atoms with Gasteiger partial charge in [-0.1, -0.05) is 6.07 Å². The largest absolute Gasteiger partial charge is 0.496 e. The molecule has 0 aliphatic rings. The van der Waals surface area contributed by atoms with Gasteiger partial charge in [0.15, 0.2) is 0 Å². The Kier molecular flexibility index (Phi) is 3.12. The van der Waals surface area contributed by atoms with Crippen molar-refractivity contribution in [2.24, 2.45) is 5.73 Å². The van der Waals surface area contributed by atoms with Crippen LogP contribution in [0.3, 0.4) is 0 Å². The fourth-order valence-corrected chi connectivity index (χ4v) is 1.38. The van der Waals surface area contributed by atoms with Crippen molar-refractivity contribution in [2.45, 2.75) is 20.3 Å². The van der Waals surface area contributed by atoms with E-state index in [-0.39, 0.29) is 5.84 Å². The first-order valence-corrected chi connectivity index (χ1v) is 4.51. The van der Waals surface area contributed by atoms with Crippen LogP contribution in [0.5, 0.6) is 5.75 Å². The maximum absolute atomic E-state index is 7.25. The van der Waals surface area contributed by atoms with Gasteiger partial charge in [-0.05, 0) is 31.0 Å². The highest BCUT2D eigenvalue weighted by molar-refractivity contribution is 5.80. The Balaban J connectivity index is 3.13. The third kappa shape index (κ3) is 2.25. The summed E-state index contributed by atoms with van der Waals surface area (Å²) in [6.07, 6.45) is 0.449. The maximum Gasteiger partial charge on any atom is 0.122 e. The van der Waals surface area contributed by atoms with Crippen LogP contribution < -0.4 is 10.5 Å². The summed E-state index contributed by atoms with van der Waals surface area (Å²) in [4.78, 5) is 0. The molecule has 14 heavy (non-hydrogen) atoms. The minimum absolute atomic E-state index is 0.159. The van der Waals surface area contributed by atoms with E-state index in [1.807, 2.05) is 26.0 Å². The minimum atomic E-state index is 0.159. The first kappa shape index (κ1) is 10.6. The third-order valence-corrected chi connectivity index (χ3v) is 2.28. The topological polar surface area (TPSA) is 59.1 Å². The Labute approximate surface area is 84.4 Å². The van der Waals surface area contributed by atoms with E-state index < -0.39 is 0 Å². The fourth-order valence-electron chi connectivity index (χ4n) is 1.38. The predicted molar refractivity (Wildman–Crippen MR) is 58.1 cm³/mol. The van der Waals surface area contributed by atoms with E-state index in [0.29, 0.717) is 6.42 Å². The van der Waals surface area contributed by atoms with Crippen LogP contribution in [0.4, 0.5) is 0 Å². The zero-order valence-corrected chi connectivity index (χ0v) is 8.85. The van der Waals surface area contributed by atoms with Crippen molar-refractivity contribution in [1.82, 2.24) is 0 Å². The van der Waals surface area contributed by atoms with Crippen molar-refractivity contribution in [3.63, 3.8) is 0 Å². The van der Waals surface area contributed by atoms with Gasteiger partial charge in [-0.2, -0.15) is 0 Å². The highest BCUT2D eigenvalue weighted by Crippen LogP contribution is 2.23. The summed E-state index contributed by atoms with van der Waals surface area (Å²) in [5, 5.41) is 7.25. The molecule has 0 saturated heterocycles. The molecule has 0 atom stereocenters. The summed E-state index contributed by atoms with van der Waals surface area (Å²) in [5.41, 5.74) is 8.72. The van der Waals surface area contributed by atoms with Crippen LogP contribution in [-0.2, 0) is 6.42 Å². The van der Waals surface area contributed by atoms with Crippen molar-refractivity contribution in [1.29, 1.82) is 5.41 Å². The third-order valence-electron chi connectivity index (χ3n) is 2.28. The van der Waals surface area contributed by atoms with Crippen LogP contribution in [0.1, 0.15) is 16.7 Å². The molecule has 0 bridgehead atoms. The van der Waals surface area contributed by atoms with E-state index in [0.717, 1.165) is 11.3 Å². The number of nitrogens with two attached hydrogens (primary N) is 1. The second-order valence-corrected chi connectivity index (χ2v) is 3.45. The van der Waals surface area contributed by atoms with Gasteiger partial charge in [0.2, 0.25) is 0 Å². The lowest BCUT2D eigenvalue weighted by Crippen LogP contribution is -2.13. The van der Waals surface area contributed by atoms with Crippen LogP contribution in [0.2, 0.25) is 0 Å². The van der Waals surface area contributed by atoms with E-state index >= 15 is 0 Å².